The Bertz CT molecular complexity index is 996. The van der Waals surface area contributed by atoms with Crippen molar-refractivity contribution in [1.29, 1.82) is 0 Å². The van der Waals surface area contributed by atoms with Crippen LogP contribution in [0.25, 0.3) is 0 Å². The number of thioether (sulfide) groups is 1. The van der Waals surface area contributed by atoms with E-state index in [9.17, 15) is 13.2 Å². The predicted octanol–water partition coefficient (Wildman–Crippen LogP) is 8.48. The van der Waals surface area contributed by atoms with Crippen LogP contribution in [0.5, 0.6) is 0 Å². The van der Waals surface area contributed by atoms with Crippen LogP contribution < -0.4 is 0 Å². The van der Waals surface area contributed by atoms with Crippen molar-refractivity contribution < 1.29 is 17.4 Å². The fraction of sp³-hybridized carbons (Fsp3) is 0.567. The molecule has 0 spiro atoms. The number of hydrogen-bond donors (Lipinski definition) is 0. The lowest BCUT2D eigenvalue weighted by Gasteiger charge is -2.20. The molecule has 0 aromatic heterocycles. The van der Waals surface area contributed by atoms with E-state index in [0.717, 1.165) is 23.3 Å². The van der Waals surface area contributed by atoms with E-state index in [-0.39, 0.29) is 16.6 Å². The van der Waals surface area contributed by atoms with E-state index in [0.29, 0.717) is 5.56 Å². The number of carbonyl (C=O) groups is 1. The molecular weight excluding hydrogens is 488 g/mol. The van der Waals surface area contributed by atoms with E-state index in [4.69, 9.17) is 4.18 Å². The minimum absolute atomic E-state index is 0.0884. The minimum Gasteiger partial charge on any atom is -0.291 e. The van der Waals surface area contributed by atoms with Gasteiger partial charge in [0.05, 0.1) is 4.90 Å². The molecule has 1 atom stereocenters. The van der Waals surface area contributed by atoms with E-state index >= 15 is 0 Å². The quantitative estimate of drug-likeness (QED) is 0.0833. The number of hydrogen-bond acceptors (Lipinski definition) is 5. The van der Waals surface area contributed by atoms with Gasteiger partial charge in [-0.05, 0) is 54.8 Å². The Morgan fingerprint density at radius 1 is 0.806 bits per heavy atom. The summed E-state index contributed by atoms with van der Waals surface area (Å²) in [6.07, 6.45) is 14.8. The number of carbonyl (C=O) groups excluding carboxylic acids is 1. The lowest BCUT2D eigenvalue weighted by molar-refractivity contribution is 0.0724. The van der Waals surface area contributed by atoms with Gasteiger partial charge in [0.25, 0.3) is 10.1 Å². The van der Waals surface area contributed by atoms with Gasteiger partial charge < -0.3 is 0 Å². The van der Waals surface area contributed by atoms with Gasteiger partial charge in [0.15, 0.2) is 5.78 Å². The predicted molar refractivity (Wildman–Crippen MR) is 151 cm³/mol. The van der Waals surface area contributed by atoms with Gasteiger partial charge in [-0.15, -0.1) is 11.8 Å². The number of unbranched alkanes of at least 4 members (excludes halogenated alkanes) is 9. The largest absolute Gasteiger partial charge is 0.297 e. The van der Waals surface area contributed by atoms with Crippen LogP contribution in [0, 0.1) is 5.92 Å². The lowest BCUT2D eigenvalue weighted by atomic mass is 9.98. The fourth-order valence-corrected chi connectivity index (χ4v) is 5.78. The van der Waals surface area contributed by atoms with E-state index in [2.05, 4.69) is 6.92 Å². The monoisotopic (exact) mass is 532 g/mol. The zero-order chi connectivity index (χ0) is 26.4. The Labute approximate surface area is 223 Å². The summed E-state index contributed by atoms with van der Waals surface area (Å²) in [7, 11) is -4.06. The topological polar surface area (TPSA) is 60.4 Å². The Hall–Kier alpha value is -1.63. The molecular formula is C30H44O4S2. The summed E-state index contributed by atoms with van der Waals surface area (Å²) >= 11 is 1.59. The molecule has 0 heterocycles. The van der Waals surface area contributed by atoms with Crippen molar-refractivity contribution in [2.45, 2.75) is 107 Å². The number of aryl methyl sites for hydroxylation is 1. The molecule has 0 aliphatic carbocycles. The average molecular weight is 533 g/mol. The van der Waals surface area contributed by atoms with Gasteiger partial charge in [-0.3, -0.25) is 8.98 Å². The van der Waals surface area contributed by atoms with Crippen molar-refractivity contribution in [2.24, 2.45) is 5.92 Å². The van der Waals surface area contributed by atoms with Crippen LogP contribution in [0.3, 0.4) is 0 Å². The maximum absolute atomic E-state index is 13.0. The van der Waals surface area contributed by atoms with Crippen molar-refractivity contribution in [3.63, 3.8) is 0 Å². The molecule has 0 aliphatic heterocycles. The number of rotatable bonds is 18. The summed E-state index contributed by atoms with van der Waals surface area (Å²) in [6.45, 7) is 5.84. The van der Waals surface area contributed by atoms with Crippen LogP contribution in [-0.2, 0) is 20.7 Å². The van der Waals surface area contributed by atoms with Crippen LogP contribution in [0.15, 0.2) is 58.3 Å². The first-order chi connectivity index (χ1) is 17.3. The molecule has 0 fully saturated rings. The normalized spacial score (nSPS) is 12.7. The van der Waals surface area contributed by atoms with E-state index in [1.807, 2.05) is 30.5 Å². The van der Waals surface area contributed by atoms with Crippen molar-refractivity contribution in [1.82, 2.24) is 0 Å². The zero-order valence-corrected chi connectivity index (χ0v) is 24.1. The molecule has 0 bridgehead atoms. The molecule has 2 aromatic carbocycles. The van der Waals surface area contributed by atoms with Crippen molar-refractivity contribution in [2.75, 3.05) is 6.26 Å². The molecule has 6 heteroatoms. The fourth-order valence-electron chi connectivity index (χ4n) is 4.21. The van der Waals surface area contributed by atoms with Gasteiger partial charge in [0, 0.05) is 10.5 Å². The highest BCUT2D eigenvalue weighted by molar-refractivity contribution is 7.98. The van der Waals surface area contributed by atoms with Crippen molar-refractivity contribution in [3.8, 4) is 0 Å². The molecule has 200 valence electrons. The van der Waals surface area contributed by atoms with Gasteiger partial charge in [0.2, 0.25) is 0 Å². The highest BCUT2D eigenvalue weighted by atomic mass is 32.2. The first-order valence-electron chi connectivity index (χ1n) is 13.5. The van der Waals surface area contributed by atoms with Crippen molar-refractivity contribution in [3.05, 3.63) is 59.7 Å². The molecule has 4 nitrogen and oxygen atoms in total. The SMILES string of the molecule is CCCCCCCCCCCCc1ccc(S(=O)(=O)OC(C(=O)c2ccc(SC)cc2)C(C)C)cc1. The van der Waals surface area contributed by atoms with Crippen molar-refractivity contribution >= 4 is 27.7 Å². The third-order valence-corrected chi connectivity index (χ3v) is 8.55. The number of ketones is 1. The second-order valence-electron chi connectivity index (χ2n) is 9.88. The van der Waals surface area contributed by atoms with Gasteiger partial charge in [-0.25, -0.2) is 0 Å². The molecule has 0 saturated carbocycles. The Morgan fingerprint density at radius 2 is 1.33 bits per heavy atom. The van der Waals surface area contributed by atoms with Crippen LogP contribution >= 0.6 is 11.8 Å². The van der Waals surface area contributed by atoms with E-state index < -0.39 is 16.2 Å². The lowest BCUT2D eigenvalue weighted by Crippen LogP contribution is -2.32. The molecule has 0 aliphatic rings. The van der Waals surface area contributed by atoms with E-state index in [1.54, 1.807) is 49.9 Å². The van der Waals surface area contributed by atoms with Gasteiger partial charge in [0.1, 0.15) is 6.10 Å². The summed E-state index contributed by atoms with van der Waals surface area (Å²) in [5, 5.41) is 0. The van der Waals surface area contributed by atoms with Gasteiger partial charge >= 0.3 is 0 Å². The first kappa shape index (κ1) is 30.6. The van der Waals surface area contributed by atoms with Gasteiger partial charge in [-0.1, -0.05) is 103 Å². The second kappa shape index (κ2) is 16.3. The summed E-state index contributed by atoms with van der Waals surface area (Å²) < 4.78 is 31.4. The highest BCUT2D eigenvalue weighted by Gasteiger charge is 2.31. The molecule has 2 rings (SSSR count). The second-order valence-corrected chi connectivity index (χ2v) is 12.3. The summed E-state index contributed by atoms with van der Waals surface area (Å²) in [4.78, 5) is 14.2. The minimum atomic E-state index is -4.06. The van der Waals surface area contributed by atoms with E-state index in [1.165, 1.54) is 57.8 Å². The van der Waals surface area contributed by atoms with Crippen LogP contribution in [0.4, 0.5) is 0 Å². The maximum atomic E-state index is 13.0. The molecule has 1 unspecified atom stereocenters. The highest BCUT2D eigenvalue weighted by Crippen LogP contribution is 2.23. The van der Waals surface area contributed by atoms with Crippen LogP contribution in [0.2, 0.25) is 0 Å². The molecule has 36 heavy (non-hydrogen) atoms. The standard InChI is InChI=1S/C30H44O4S2/c1-5-6-7-8-9-10-11-12-13-14-15-25-16-22-28(23-17-25)36(32,33)34-30(24(2)3)29(31)26-18-20-27(35-4)21-19-26/h16-24,30H,5-15H2,1-4H3. The summed E-state index contributed by atoms with van der Waals surface area (Å²) in [6, 6.07) is 14.1. The van der Waals surface area contributed by atoms with Crippen LogP contribution in [0.1, 0.15) is 101 Å². The zero-order valence-electron chi connectivity index (χ0n) is 22.5. The average Bonchev–Trinajstić information content (AvgIpc) is 2.88. The maximum Gasteiger partial charge on any atom is 0.297 e. The number of Topliss-reactive ketones (excluding diaryl/α,β-unsaturated/α-hetero) is 1. The summed E-state index contributed by atoms with van der Waals surface area (Å²) in [5.41, 5.74) is 1.58. The smallest absolute Gasteiger partial charge is 0.291 e. The molecule has 0 saturated heterocycles. The molecule has 0 radical (unpaired) electrons. The summed E-state index contributed by atoms with van der Waals surface area (Å²) in [5.74, 6) is -0.609. The number of benzene rings is 2. The Balaban J connectivity index is 1.85. The Kier molecular flexibility index (Phi) is 13.8. The van der Waals surface area contributed by atoms with Gasteiger partial charge in [-0.2, -0.15) is 8.42 Å². The Morgan fingerprint density at radius 3 is 1.83 bits per heavy atom. The first-order valence-corrected chi connectivity index (χ1v) is 16.1. The third-order valence-electron chi connectivity index (χ3n) is 6.50. The molecule has 0 amide bonds. The third kappa shape index (κ3) is 10.4. The molecule has 2 aromatic rings. The van der Waals surface area contributed by atoms with Crippen LogP contribution in [-0.4, -0.2) is 26.6 Å². The molecule has 0 N–H and O–H groups in total.